The SMILES string of the molecule is c1ccc2cc(Nc3nc(Nc4ccc5[nH]ncc5c4)c4sccc4n3)ccc2c1. The summed E-state index contributed by atoms with van der Waals surface area (Å²) >= 11 is 1.62. The van der Waals surface area contributed by atoms with Crippen molar-refractivity contribution >= 4 is 66.4 Å². The number of nitrogens with one attached hydrogen (secondary N) is 3. The summed E-state index contributed by atoms with van der Waals surface area (Å²) in [6.07, 6.45) is 1.81. The van der Waals surface area contributed by atoms with Crippen LogP contribution in [0.4, 0.5) is 23.1 Å². The van der Waals surface area contributed by atoms with E-state index in [1.807, 2.05) is 48.0 Å². The standard InChI is InChI=1S/C23H16N6S/c1-2-4-15-11-18(6-5-14(15)3-1)26-23-27-20-9-10-30-21(20)22(28-23)25-17-7-8-19-16(12-17)13-24-29-19/h1-13H,(H,24,29)(H2,25,26,27,28). The average Bonchev–Trinajstić information content (AvgIpc) is 3.43. The third-order valence-electron chi connectivity index (χ3n) is 5.01. The molecule has 6 rings (SSSR count). The number of thiophene rings is 1. The zero-order valence-corrected chi connectivity index (χ0v) is 16.6. The topological polar surface area (TPSA) is 78.5 Å². The van der Waals surface area contributed by atoms with Gasteiger partial charge in [-0.3, -0.25) is 5.10 Å². The Labute approximate surface area is 175 Å². The van der Waals surface area contributed by atoms with Gasteiger partial charge in [0.1, 0.15) is 0 Å². The van der Waals surface area contributed by atoms with Crippen molar-refractivity contribution in [3.8, 4) is 0 Å². The number of aromatic amines is 1. The van der Waals surface area contributed by atoms with Gasteiger partial charge in [0.05, 0.1) is 21.9 Å². The van der Waals surface area contributed by atoms with Crippen LogP contribution in [0.25, 0.3) is 31.9 Å². The van der Waals surface area contributed by atoms with Crippen LogP contribution in [0.5, 0.6) is 0 Å². The van der Waals surface area contributed by atoms with Crippen molar-refractivity contribution in [2.75, 3.05) is 10.6 Å². The van der Waals surface area contributed by atoms with Gasteiger partial charge in [0.25, 0.3) is 0 Å². The Kier molecular flexibility index (Phi) is 3.85. The molecule has 0 atom stereocenters. The molecule has 0 spiro atoms. The summed E-state index contributed by atoms with van der Waals surface area (Å²) in [6, 6.07) is 22.6. The van der Waals surface area contributed by atoms with Crippen LogP contribution >= 0.6 is 11.3 Å². The van der Waals surface area contributed by atoms with E-state index < -0.39 is 0 Å². The molecule has 0 fully saturated rings. The summed E-state index contributed by atoms with van der Waals surface area (Å²) in [6.45, 7) is 0. The first-order valence-corrected chi connectivity index (χ1v) is 10.4. The van der Waals surface area contributed by atoms with Crippen LogP contribution in [0.3, 0.4) is 0 Å². The van der Waals surface area contributed by atoms with E-state index in [-0.39, 0.29) is 0 Å². The molecule has 0 saturated carbocycles. The average molecular weight is 408 g/mol. The Morgan fingerprint density at radius 2 is 1.60 bits per heavy atom. The lowest BCUT2D eigenvalue weighted by molar-refractivity contribution is 1.12. The van der Waals surface area contributed by atoms with E-state index in [0.29, 0.717) is 5.95 Å². The highest BCUT2D eigenvalue weighted by Gasteiger charge is 2.11. The molecule has 3 aromatic carbocycles. The second-order valence-corrected chi connectivity index (χ2v) is 7.93. The number of hydrogen-bond donors (Lipinski definition) is 3. The molecule has 144 valence electrons. The molecule has 0 bridgehead atoms. The molecule has 6 nitrogen and oxygen atoms in total. The van der Waals surface area contributed by atoms with Crippen molar-refractivity contribution in [3.63, 3.8) is 0 Å². The number of fused-ring (bicyclic) bond motifs is 3. The van der Waals surface area contributed by atoms with Gasteiger partial charge < -0.3 is 10.6 Å². The quantitative estimate of drug-likeness (QED) is 0.323. The van der Waals surface area contributed by atoms with Gasteiger partial charge in [-0.25, -0.2) is 4.98 Å². The van der Waals surface area contributed by atoms with E-state index in [1.54, 1.807) is 11.3 Å². The van der Waals surface area contributed by atoms with Crippen LogP contribution < -0.4 is 10.6 Å². The predicted molar refractivity (Wildman–Crippen MR) is 124 cm³/mol. The largest absolute Gasteiger partial charge is 0.339 e. The summed E-state index contributed by atoms with van der Waals surface area (Å²) < 4.78 is 1.02. The Balaban J connectivity index is 1.38. The molecule has 0 unspecified atom stereocenters. The Morgan fingerprint density at radius 3 is 2.57 bits per heavy atom. The first kappa shape index (κ1) is 16.9. The lowest BCUT2D eigenvalue weighted by Crippen LogP contribution is -2.01. The minimum atomic E-state index is 0.558. The van der Waals surface area contributed by atoms with Crippen molar-refractivity contribution < 1.29 is 0 Å². The van der Waals surface area contributed by atoms with Gasteiger partial charge in [0.2, 0.25) is 5.95 Å². The Hall–Kier alpha value is -3.97. The highest BCUT2D eigenvalue weighted by Crippen LogP contribution is 2.31. The minimum absolute atomic E-state index is 0.558. The number of rotatable bonds is 4. The molecule has 6 aromatic rings. The second kappa shape index (κ2) is 6.82. The second-order valence-electron chi connectivity index (χ2n) is 7.01. The highest BCUT2D eigenvalue weighted by atomic mass is 32.1. The van der Waals surface area contributed by atoms with E-state index in [2.05, 4.69) is 56.1 Å². The van der Waals surface area contributed by atoms with Gasteiger partial charge >= 0.3 is 0 Å². The van der Waals surface area contributed by atoms with Gasteiger partial charge in [-0.1, -0.05) is 30.3 Å². The van der Waals surface area contributed by atoms with Crippen molar-refractivity contribution in [1.82, 2.24) is 20.2 Å². The molecule has 3 heterocycles. The zero-order chi connectivity index (χ0) is 19.9. The molecule has 30 heavy (non-hydrogen) atoms. The molecule has 0 aliphatic rings. The fourth-order valence-electron chi connectivity index (χ4n) is 3.56. The molecule has 3 N–H and O–H groups in total. The maximum Gasteiger partial charge on any atom is 0.229 e. The molecule has 3 aromatic heterocycles. The third kappa shape index (κ3) is 3.01. The van der Waals surface area contributed by atoms with E-state index in [9.17, 15) is 0 Å². The van der Waals surface area contributed by atoms with Gasteiger partial charge in [0.15, 0.2) is 5.82 Å². The van der Waals surface area contributed by atoms with Crippen LogP contribution in [-0.2, 0) is 0 Å². The summed E-state index contributed by atoms with van der Waals surface area (Å²) in [5.74, 6) is 1.34. The molecule has 0 saturated heterocycles. The number of H-pyrrole nitrogens is 1. The lowest BCUT2D eigenvalue weighted by Gasteiger charge is -2.11. The summed E-state index contributed by atoms with van der Waals surface area (Å²) in [5.41, 5.74) is 3.82. The highest BCUT2D eigenvalue weighted by molar-refractivity contribution is 7.17. The smallest absolute Gasteiger partial charge is 0.229 e. The molecule has 0 aliphatic heterocycles. The molecule has 0 amide bonds. The van der Waals surface area contributed by atoms with Gasteiger partial charge in [-0.05, 0) is 52.6 Å². The fraction of sp³-hybridized carbons (Fsp3) is 0. The summed E-state index contributed by atoms with van der Waals surface area (Å²) in [7, 11) is 0. The lowest BCUT2D eigenvalue weighted by atomic mass is 10.1. The van der Waals surface area contributed by atoms with Gasteiger partial charge in [-0.2, -0.15) is 10.1 Å². The van der Waals surface area contributed by atoms with Crippen molar-refractivity contribution in [3.05, 3.63) is 78.3 Å². The van der Waals surface area contributed by atoms with Crippen molar-refractivity contribution in [1.29, 1.82) is 0 Å². The predicted octanol–water partition coefficient (Wildman–Crippen LogP) is 6.21. The third-order valence-corrected chi connectivity index (χ3v) is 5.92. The van der Waals surface area contributed by atoms with E-state index in [4.69, 9.17) is 4.98 Å². The number of nitrogens with zero attached hydrogens (tertiary/aromatic N) is 3. The fourth-order valence-corrected chi connectivity index (χ4v) is 4.33. The van der Waals surface area contributed by atoms with Crippen LogP contribution in [0, 0.1) is 0 Å². The summed E-state index contributed by atoms with van der Waals surface area (Å²) in [5, 5.41) is 19.3. The normalized spacial score (nSPS) is 11.3. The van der Waals surface area contributed by atoms with Crippen molar-refractivity contribution in [2.45, 2.75) is 0 Å². The van der Waals surface area contributed by atoms with Crippen LogP contribution in [0.15, 0.2) is 78.3 Å². The maximum atomic E-state index is 4.77. The molecular formula is C23H16N6S. The van der Waals surface area contributed by atoms with Crippen LogP contribution in [-0.4, -0.2) is 20.2 Å². The van der Waals surface area contributed by atoms with E-state index >= 15 is 0 Å². The van der Waals surface area contributed by atoms with Gasteiger partial charge in [0, 0.05) is 16.8 Å². The van der Waals surface area contributed by atoms with Crippen LogP contribution in [0.1, 0.15) is 0 Å². The van der Waals surface area contributed by atoms with Crippen LogP contribution in [0.2, 0.25) is 0 Å². The molecular weight excluding hydrogens is 392 g/mol. The number of aromatic nitrogens is 4. The maximum absolute atomic E-state index is 4.77. The van der Waals surface area contributed by atoms with Crippen molar-refractivity contribution in [2.24, 2.45) is 0 Å². The number of hydrogen-bond acceptors (Lipinski definition) is 6. The summed E-state index contributed by atoms with van der Waals surface area (Å²) in [4.78, 5) is 9.45. The van der Waals surface area contributed by atoms with E-state index in [0.717, 1.165) is 38.3 Å². The first-order chi connectivity index (χ1) is 14.8. The number of anilines is 4. The number of benzene rings is 3. The Morgan fingerprint density at radius 1 is 0.767 bits per heavy atom. The van der Waals surface area contributed by atoms with Gasteiger partial charge in [-0.15, -0.1) is 11.3 Å². The Bertz CT molecular complexity index is 1520. The minimum Gasteiger partial charge on any atom is -0.339 e. The molecule has 7 heteroatoms. The molecule has 0 radical (unpaired) electrons. The monoisotopic (exact) mass is 408 g/mol. The first-order valence-electron chi connectivity index (χ1n) is 9.53. The van der Waals surface area contributed by atoms with E-state index in [1.165, 1.54) is 10.8 Å². The molecule has 0 aliphatic carbocycles. The zero-order valence-electron chi connectivity index (χ0n) is 15.8.